The number of hydrogen-bond donors (Lipinski definition) is 2. The van der Waals surface area contributed by atoms with E-state index in [9.17, 15) is 4.79 Å². The zero-order valence-electron chi connectivity index (χ0n) is 10.2. The maximum Gasteiger partial charge on any atom is 0.238 e. The first-order valence-electron chi connectivity index (χ1n) is 5.60. The van der Waals surface area contributed by atoms with Gasteiger partial charge < -0.3 is 11.1 Å². The van der Waals surface area contributed by atoms with Crippen LogP contribution in [0.1, 0.15) is 30.5 Å². The Hall–Kier alpha value is -1.79. The summed E-state index contributed by atoms with van der Waals surface area (Å²) >= 11 is 0. The smallest absolute Gasteiger partial charge is 0.238 e. The maximum atomic E-state index is 11.7. The molecule has 0 spiro atoms. The summed E-state index contributed by atoms with van der Waals surface area (Å²) in [4.78, 5) is 11.7. The number of nitrogens with one attached hydrogen (secondary N) is 1. The summed E-state index contributed by atoms with van der Waals surface area (Å²) in [5.74, 6) is 2.17. The molecule has 3 heteroatoms. The van der Waals surface area contributed by atoms with E-state index in [1.54, 1.807) is 0 Å². The summed E-state index contributed by atoms with van der Waals surface area (Å²) in [6, 6.07) is 7.30. The lowest BCUT2D eigenvalue weighted by molar-refractivity contribution is -0.122. The number of terminal acetylenes is 1. The van der Waals surface area contributed by atoms with Gasteiger partial charge in [0.2, 0.25) is 5.91 Å². The Kier molecular flexibility index (Phi) is 4.74. The van der Waals surface area contributed by atoms with Gasteiger partial charge >= 0.3 is 0 Å². The summed E-state index contributed by atoms with van der Waals surface area (Å²) in [5.41, 5.74) is 7.85. The Labute approximate surface area is 102 Å². The van der Waals surface area contributed by atoms with E-state index in [0.717, 1.165) is 11.1 Å². The monoisotopic (exact) mass is 230 g/mol. The summed E-state index contributed by atoms with van der Waals surface area (Å²) in [6.45, 7) is 3.94. The number of nitrogens with two attached hydrogens (primary N) is 1. The standard InChI is InChI=1S/C14H18N2O/c1-4-6-13(15)14(17)16-11(3)12-8-5-7-10(2)9-12/h1,5,7-9,11,13H,6,15H2,2-3H3,(H,16,17)/t11-,13?/m0/s1. The molecule has 90 valence electrons. The minimum Gasteiger partial charge on any atom is -0.348 e. The van der Waals surface area contributed by atoms with Crippen LogP contribution in [0.15, 0.2) is 24.3 Å². The molecule has 3 nitrogen and oxygen atoms in total. The average Bonchev–Trinajstić information content (AvgIpc) is 2.29. The lowest BCUT2D eigenvalue weighted by Crippen LogP contribution is -2.41. The average molecular weight is 230 g/mol. The summed E-state index contributed by atoms with van der Waals surface area (Å²) in [6.07, 6.45) is 5.38. The highest BCUT2D eigenvalue weighted by Gasteiger charge is 2.15. The van der Waals surface area contributed by atoms with Crippen molar-refractivity contribution in [2.75, 3.05) is 0 Å². The van der Waals surface area contributed by atoms with Gasteiger partial charge in [-0.2, -0.15) is 0 Å². The maximum absolute atomic E-state index is 11.7. The molecule has 1 aromatic carbocycles. The molecule has 0 saturated carbocycles. The van der Waals surface area contributed by atoms with Crippen LogP contribution in [0.2, 0.25) is 0 Å². The van der Waals surface area contributed by atoms with Crippen molar-refractivity contribution in [2.24, 2.45) is 5.73 Å². The topological polar surface area (TPSA) is 55.1 Å². The van der Waals surface area contributed by atoms with Crippen molar-refractivity contribution in [3.63, 3.8) is 0 Å². The fourth-order valence-corrected chi connectivity index (χ4v) is 1.56. The van der Waals surface area contributed by atoms with E-state index in [0.29, 0.717) is 0 Å². The largest absolute Gasteiger partial charge is 0.348 e. The fourth-order valence-electron chi connectivity index (χ4n) is 1.56. The Morgan fingerprint density at radius 1 is 1.59 bits per heavy atom. The van der Waals surface area contributed by atoms with Crippen LogP contribution in [0.4, 0.5) is 0 Å². The van der Waals surface area contributed by atoms with Crippen LogP contribution in [0.25, 0.3) is 0 Å². The van der Waals surface area contributed by atoms with Crippen LogP contribution >= 0.6 is 0 Å². The van der Waals surface area contributed by atoms with Gasteiger partial charge in [0.05, 0.1) is 12.1 Å². The van der Waals surface area contributed by atoms with E-state index in [1.807, 2.05) is 38.1 Å². The SMILES string of the molecule is C#CCC(N)C(=O)N[C@@H](C)c1cccc(C)c1. The van der Waals surface area contributed by atoms with E-state index in [1.165, 1.54) is 0 Å². The number of carbonyl (C=O) groups excluding carboxylic acids is 1. The third kappa shape index (κ3) is 3.93. The molecule has 2 atom stereocenters. The molecule has 0 fully saturated rings. The molecule has 1 amide bonds. The van der Waals surface area contributed by atoms with E-state index in [4.69, 9.17) is 12.2 Å². The highest BCUT2D eigenvalue weighted by atomic mass is 16.2. The number of rotatable bonds is 4. The molecule has 1 aromatic rings. The second kappa shape index (κ2) is 6.07. The molecule has 1 rings (SSSR count). The molecule has 0 saturated heterocycles. The molecule has 0 bridgehead atoms. The summed E-state index contributed by atoms with van der Waals surface area (Å²) < 4.78 is 0. The molecule has 0 aliphatic carbocycles. The third-order valence-corrected chi connectivity index (χ3v) is 2.58. The predicted molar refractivity (Wildman–Crippen MR) is 69.2 cm³/mol. The number of aryl methyl sites for hydroxylation is 1. The number of amides is 1. The first kappa shape index (κ1) is 13.3. The normalized spacial score (nSPS) is 13.5. The fraction of sp³-hybridized carbons (Fsp3) is 0.357. The summed E-state index contributed by atoms with van der Waals surface area (Å²) in [7, 11) is 0. The van der Waals surface area contributed by atoms with Gasteiger partial charge in [0.15, 0.2) is 0 Å². The van der Waals surface area contributed by atoms with E-state index in [2.05, 4.69) is 11.2 Å². The van der Waals surface area contributed by atoms with Gasteiger partial charge in [-0.25, -0.2) is 0 Å². The van der Waals surface area contributed by atoms with Crippen LogP contribution < -0.4 is 11.1 Å². The van der Waals surface area contributed by atoms with Crippen molar-refractivity contribution < 1.29 is 4.79 Å². The zero-order chi connectivity index (χ0) is 12.8. The van der Waals surface area contributed by atoms with Gasteiger partial charge in [-0.05, 0) is 19.4 Å². The number of hydrogen-bond acceptors (Lipinski definition) is 2. The Morgan fingerprint density at radius 2 is 2.29 bits per heavy atom. The van der Waals surface area contributed by atoms with Gasteiger partial charge in [0.1, 0.15) is 0 Å². The second-order valence-corrected chi connectivity index (χ2v) is 4.16. The van der Waals surface area contributed by atoms with E-state index < -0.39 is 6.04 Å². The molecule has 0 aliphatic heterocycles. The molecular formula is C14H18N2O. The first-order chi connectivity index (χ1) is 8.04. The Balaban J connectivity index is 2.64. The van der Waals surface area contributed by atoms with Gasteiger partial charge in [0.25, 0.3) is 0 Å². The molecule has 0 aliphatic rings. The molecular weight excluding hydrogens is 212 g/mol. The third-order valence-electron chi connectivity index (χ3n) is 2.58. The second-order valence-electron chi connectivity index (χ2n) is 4.16. The van der Waals surface area contributed by atoms with Crippen molar-refractivity contribution in [1.82, 2.24) is 5.32 Å². The Bertz CT molecular complexity index is 434. The van der Waals surface area contributed by atoms with Crippen molar-refractivity contribution >= 4 is 5.91 Å². The molecule has 1 unspecified atom stereocenters. The quantitative estimate of drug-likeness (QED) is 0.771. The minimum atomic E-state index is -0.632. The number of benzene rings is 1. The van der Waals surface area contributed by atoms with Crippen molar-refractivity contribution in [1.29, 1.82) is 0 Å². The molecule has 0 aromatic heterocycles. The highest BCUT2D eigenvalue weighted by molar-refractivity contribution is 5.82. The lowest BCUT2D eigenvalue weighted by atomic mass is 10.1. The molecule has 0 heterocycles. The van der Waals surface area contributed by atoms with Crippen LogP contribution in [0, 0.1) is 19.3 Å². The van der Waals surface area contributed by atoms with Crippen LogP contribution in [0.5, 0.6) is 0 Å². The Morgan fingerprint density at radius 3 is 2.88 bits per heavy atom. The van der Waals surface area contributed by atoms with Crippen molar-refractivity contribution in [2.45, 2.75) is 32.4 Å². The molecule has 0 radical (unpaired) electrons. The van der Waals surface area contributed by atoms with Crippen molar-refractivity contribution in [3.05, 3.63) is 35.4 Å². The van der Waals surface area contributed by atoms with Gasteiger partial charge in [-0.15, -0.1) is 12.3 Å². The van der Waals surface area contributed by atoms with E-state index in [-0.39, 0.29) is 18.4 Å². The highest BCUT2D eigenvalue weighted by Crippen LogP contribution is 2.13. The van der Waals surface area contributed by atoms with Crippen LogP contribution in [0.3, 0.4) is 0 Å². The first-order valence-corrected chi connectivity index (χ1v) is 5.60. The van der Waals surface area contributed by atoms with Crippen molar-refractivity contribution in [3.8, 4) is 12.3 Å². The predicted octanol–water partition coefficient (Wildman–Crippen LogP) is 1.52. The van der Waals surface area contributed by atoms with Gasteiger partial charge in [0, 0.05) is 6.42 Å². The van der Waals surface area contributed by atoms with Crippen LogP contribution in [-0.2, 0) is 4.79 Å². The molecule has 17 heavy (non-hydrogen) atoms. The van der Waals surface area contributed by atoms with Crippen LogP contribution in [-0.4, -0.2) is 11.9 Å². The van der Waals surface area contributed by atoms with Gasteiger partial charge in [-0.1, -0.05) is 29.8 Å². The van der Waals surface area contributed by atoms with Gasteiger partial charge in [-0.3, -0.25) is 4.79 Å². The summed E-state index contributed by atoms with van der Waals surface area (Å²) in [5, 5.41) is 2.85. The van der Waals surface area contributed by atoms with E-state index >= 15 is 0 Å². The number of carbonyl (C=O) groups is 1. The lowest BCUT2D eigenvalue weighted by Gasteiger charge is -2.17. The zero-order valence-corrected chi connectivity index (χ0v) is 10.2. The molecule has 3 N–H and O–H groups in total. The minimum absolute atomic E-state index is 0.0637.